The summed E-state index contributed by atoms with van der Waals surface area (Å²) in [5.41, 5.74) is 2.21. The van der Waals surface area contributed by atoms with Gasteiger partial charge < -0.3 is 9.94 Å². The van der Waals surface area contributed by atoms with Crippen LogP contribution in [0.2, 0.25) is 10.0 Å². The molecule has 0 aliphatic rings. The van der Waals surface area contributed by atoms with Gasteiger partial charge in [-0.1, -0.05) is 59.1 Å². The van der Waals surface area contributed by atoms with E-state index in [1.807, 2.05) is 48.5 Å². The fourth-order valence-electron chi connectivity index (χ4n) is 2.40. The minimum absolute atomic E-state index is 0.442. The Morgan fingerprint density at radius 3 is 2.13 bits per heavy atom. The lowest BCUT2D eigenvalue weighted by atomic mass is 10.1. The molecule has 1 heterocycles. The third-order valence-corrected chi connectivity index (χ3v) is 5.53. The highest BCUT2D eigenvalue weighted by atomic mass is 35.5. The minimum Gasteiger partial charge on any atom is -0.331 e. The average molecular weight is 491 g/mol. The zero-order chi connectivity index (χ0) is 22.0. The molecular weight excluding hydrogens is 473 g/mol. The van der Waals surface area contributed by atoms with Gasteiger partial charge in [-0.3, -0.25) is 4.57 Å². The first-order chi connectivity index (χ1) is 14.3. The predicted octanol–water partition coefficient (Wildman–Crippen LogP) is 5.84. The Bertz CT molecular complexity index is 908. The number of nitrogens with zero attached hydrogens (tertiary/aromatic N) is 3. The highest BCUT2D eigenvalue weighted by Gasteiger charge is 2.30. The van der Waals surface area contributed by atoms with Crippen LogP contribution in [0.5, 0.6) is 0 Å². The quantitative estimate of drug-likeness (QED) is 0.140. The molecule has 11 heteroatoms. The van der Waals surface area contributed by atoms with Crippen molar-refractivity contribution in [3.63, 3.8) is 0 Å². The van der Waals surface area contributed by atoms with E-state index in [0.717, 1.165) is 16.3 Å². The molecule has 30 heavy (non-hydrogen) atoms. The van der Waals surface area contributed by atoms with E-state index >= 15 is 0 Å². The number of benzene rings is 2. The van der Waals surface area contributed by atoms with Crippen LogP contribution in [0.25, 0.3) is 0 Å². The lowest BCUT2D eigenvalue weighted by Crippen LogP contribution is -2.32. The van der Waals surface area contributed by atoms with Crippen LogP contribution < -0.4 is 0 Å². The number of imidazole rings is 1. The SMILES string of the molecule is Clc1ccc(CSCOC(Cl)(Cc2ccc(Cl)cc2)n2ccnc2)cc1.O=[N+]([O-])O. The van der Waals surface area contributed by atoms with Crippen molar-refractivity contribution in [2.75, 3.05) is 5.94 Å². The maximum atomic E-state index is 8.36. The van der Waals surface area contributed by atoms with E-state index in [0.29, 0.717) is 17.4 Å². The maximum absolute atomic E-state index is 8.36. The number of ether oxygens (including phenoxy) is 1. The van der Waals surface area contributed by atoms with Crippen LogP contribution in [-0.2, 0) is 22.1 Å². The van der Waals surface area contributed by atoms with Gasteiger partial charge in [0.25, 0.3) is 5.09 Å². The smallest absolute Gasteiger partial charge is 0.291 e. The van der Waals surface area contributed by atoms with Gasteiger partial charge >= 0.3 is 0 Å². The van der Waals surface area contributed by atoms with E-state index in [9.17, 15) is 0 Å². The van der Waals surface area contributed by atoms with Crippen molar-refractivity contribution < 1.29 is 15.0 Å². The van der Waals surface area contributed by atoms with Gasteiger partial charge in [0.05, 0.1) is 12.3 Å². The van der Waals surface area contributed by atoms with Gasteiger partial charge in [0.2, 0.25) is 5.18 Å². The molecule has 0 saturated carbocycles. The molecule has 1 unspecified atom stereocenters. The molecule has 0 spiro atoms. The van der Waals surface area contributed by atoms with Gasteiger partial charge in [0.15, 0.2) is 0 Å². The van der Waals surface area contributed by atoms with Gasteiger partial charge in [-0.25, -0.2) is 4.98 Å². The Balaban J connectivity index is 0.000000735. The molecule has 1 aromatic heterocycles. The number of thioether (sulfide) groups is 1. The second kappa shape index (κ2) is 12.0. The molecule has 0 fully saturated rings. The van der Waals surface area contributed by atoms with Crippen molar-refractivity contribution in [1.82, 2.24) is 9.55 Å². The number of aromatic nitrogens is 2. The van der Waals surface area contributed by atoms with E-state index < -0.39 is 10.3 Å². The Morgan fingerprint density at radius 1 is 1.10 bits per heavy atom. The van der Waals surface area contributed by atoms with Crippen molar-refractivity contribution in [3.8, 4) is 0 Å². The molecule has 0 radical (unpaired) electrons. The Morgan fingerprint density at radius 2 is 1.63 bits per heavy atom. The Labute approximate surface area is 192 Å². The summed E-state index contributed by atoms with van der Waals surface area (Å²) >= 11 is 20.3. The van der Waals surface area contributed by atoms with E-state index in [1.54, 1.807) is 35.0 Å². The van der Waals surface area contributed by atoms with Crippen LogP contribution in [0.15, 0.2) is 67.3 Å². The van der Waals surface area contributed by atoms with E-state index in [1.165, 1.54) is 5.56 Å². The largest absolute Gasteiger partial charge is 0.331 e. The topological polar surface area (TPSA) is 90.4 Å². The van der Waals surface area contributed by atoms with Gasteiger partial charge in [-0.2, -0.15) is 0 Å². The zero-order valence-corrected chi connectivity index (χ0v) is 18.6. The lowest BCUT2D eigenvalue weighted by molar-refractivity contribution is -0.742. The summed E-state index contributed by atoms with van der Waals surface area (Å²) in [6, 6.07) is 15.4. The van der Waals surface area contributed by atoms with Gasteiger partial charge in [-0.15, -0.1) is 21.9 Å². The highest BCUT2D eigenvalue weighted by Crippen LogP contribution is 2.31. The molecule has 1 atom stereocenters. The highest BCUT2D eigenvalue weighted by molar-refractivity contribution is 7.98. The number of hydrogen-bond donors (Lipinski definition) is 1. The fourth-order valence-corrected chi connectivity index (χ4v) is 3.81. The molecule has 0 amide bonds. The van der Waals surface area contributed by atoms with Crippen LogP contribution in [-0.4, -0.2) is 25.8 Å². The number of alkyl halides is 1. The molecule has 0 aliphatic carbocycles. The second-order valence-corrected chi connectivity index (χ2v) is 8.33. The van der Waals surface area contributed by atoms with Crippen LogP contribution in [0.4, 0.5) is 0 Å². The summed E-state index contributed by atoms with van der Waals surface area (Å²) in [5.74, 6) is 1.26. The van der Waals surface area contributed by atoms with Crippen LogP contribution in [0, 0.1) is 10.1 Å². The van der Waals surface area contributed by atoms with Gasteiger partial charge in [0, 0.05) is 34.6 Å². The number of rotatable bonds is 8. The fraction of sp³-hybridized carbons (Fsp3) is 0.211. The van der Waals surface area contributed by atoms with Crippen molar-refractivity contribution in [1.29, 1.82) is 0 Å². The third kappa shape index (κ3) is 8.41. The number of halogens is 3. The minimum atomic E-state index is -1.50. The molecule has 2 aromatic carbocycles. The summed E-state index contributed by atoms with van der Waals surface area (Å²) in [5, 5.41) is 14.0. The monoisotopic (exact) mass is 489 g/mol. The molecule has 0 aliphatic heterocycles. The van der Waals surface area contributed by atoms with Crippen molar-refractivity contribution >= 4 is 46.6 Å². The first-order valence-corrected chi connectivity index (χ1v) is 10.8. The summed E-state index contributed by atoms with van der Waals surface area (Å²) < 4.78 is 7.82. The van der Waals surface area contributed by atoms with Gasteiger partial charge in [0.1, 0.15) is 0 Å². The Kier molecular flexibility index (Phi) is 9.74. The molecule has 160 valence electrons. The summed E-state index contributed by atoms with van der Waals surface area (Å²) in [4.78, 5) is 12.4. The average Bonchev–Trinajstić information content (AvgIpc) is 3.24. The molecule has 0 saturated heterocycles. The second-order valence-electron chi connectivity index (χ2n) is 5.94. The normalized spacial score (nSPS) is 12.5. The van der Waals surface area contributed by atoms with E-state index in [-0.39, 0.29) is 0 Å². The summed E-state index contributed by atoms with van der Waals surface area (Å²) in [6.07, 6.45) is 5.63. The first kappa shape index (κ1) is 24.3. The molecule has 7 nitrogen and oxygen atoms in total. The van der Waals surface area contributed by atoms with Gasteiger partial charge in [-0.05, 0) is 35.4 Å². The standard InChI is InChI=1S/C19H17Cl3N2OS.HNO3/c20-17-5-1-15(2-6-17)11-19(22,24-10-9-23-13-24)25-14-26-12-16-3-7-18(21)8-4-16;2-1(3)4/h1-10,13H,11-12,14H2;(H,2,3,4). The summed E-state index contributed by atoms with van der Waals surface area (Å²) in [6.45, 7) is 0. The maximum Gasteiger partial charge on any atom is 0.291 e. The third-order valence-electron chi connectivity index (χ3n) is 3.77. The van der Waals surface area contributed by atoms with Crippen LogP contribution >= 0.6 is 46.6 Å². The van der Waals surface area contributed by atoms with Crippen molar-refractivity contribution in [3.05, 3.63) is 98.5 Å². The molecular formula is C19H18Cl3N3O4S. The predicted molar refractivity (Wildman–Crippen MR) is 119 cm³/mol. The van der Waals surface area contributed by atoms with Crippen LogP contribution in [0.3, 0.4) is 0 Å². The Hall–Kier alpha value is -1.97. The zero-order valence-electron chi connectivity index (χ0n) is 15.5. The van der Waals surface area contributed by atoms with E-state index in [4.69, 9.17) is 54.9 Å². The van der Waals surface area contributed by atoms with Crippen LogP contribution in [0.1, 0.15) is 11.1 Å². The van der Waals surface area contributed by atoms with Crippen molar-refractivity contribution in [2.24, 2.45) is 0 Å². The lowest BCUT2D eigenvalue weighted by Gasteiger charge is -2.28. The number of hydrogen-bond acceptors (Lipinski definition) is 5. The van der Waals surface area contributed by atoms with E-state index in [2.05, 4.69) is 4.98 Å². The van der Waals surface area contributed by atoms with Crippen molar-refractivity contribution in [2.45, 2.75) is 17.4 Å². The molecule has 3 aromatic rings. The molecule has 1 N–H and O–H groups in total. The molecule has 0 bridgehead atoms. The molecule has 3 rings (SSSR count). The first-order valence-electron chi connectivity index (χ1n) is 8.50. The summed E-state index contributed by atoms with van der Waals surface area (Å²) in [7, 11) is 0.